The molecule has 1 unspecified atom stereocenters. The van der Waals surface area contributed by atoms with E-state index in [1.165, 1.54) is 0 Å². The number of ether oxygens (including phenoxy) is 1. The number of aliphatic hydroxyl groups is 1. The van der Waals surface area contributed by atoms with Crippen LogP contribution >= 0.6 is 0 Å². The van der Waals surface area contributed by atoms with Crippen LogP contribution in [0.25, 0.3) is 0 Å². The number of hydrogen-bond acceptors (Lipinski definition) is 4. The van der Waals surface area contributed by atoms with Crippen molar-refractivity contribution in [3.05, 3.63) is 0 Å². The number of nitrogens with one attached hydrogen (secondary N) is 1. The summed E-state index contributed by atoms with van der Waals surface area (Å²) in [4.78, 5) is 13.8. The third-order valence-corrected chi connectivity index (χ3v) is 3.51. The van der Waals surface area contributed by atoms with Gasteiger partial charge in [-0.15, -0.1) is 0 Å². The second-order valence-corrected chi connectivity index (χ2v) is 4.66. The van der Waals surface area contributed by atoms with E-state index < -0.39 is 6.10 Å². The van der Waals surface area contributed by atoms with E-state index in [0.29, 0.717) is 19.7 Å². The quantitative estimate of drug-likeness (QED) is 0.650. The monoisotopic (exact) mass is 228 g/mol. The first-order chi connectivity index (χ1) is 7.70. The van der Waals surface area contributed by atoms with Crippen molar-refractivity contribution in [3.8, 4) is 0 Å². The van der Waals surface area contributed by atoms with E-state index in [0.717, 1.165) is 19.4 Å². The minimum absolute atomic E-state index is 0.0217. The number of amides is 1. The Kier molecular flexibility index (Phi) is 3.78. The summed E-state index contributed by atoms with van der Waals surface area (Å²) < 4.78 is 5.32. The molecule has 5 heteroatoms. The molecule has 2 aliphatic rings. The van der Waals surface area contributed by atoms with Crippen LogP contribution in [0.3, 0.4) is 0 Å². The summed E-state index contributed by atoms with van der Waals surface area (Å²) in [5, 5.41) is 12.8. The molecule has 92 valence electrons. The molecule has 0 aliphatic carbocycles. The molecule has 3 atom stereocenters. The van der Waals surface area contributed by atoms with Gasteiger partial charge in [0.1, 0.15) is 0 Å². The third-order valence-electron chi connectivity index (χ3n) is 3.51. The first-order valence-corrected chi connectivity index (χ1v) is 5.93. The zero-order valence-electron chi connectivity index (χ0n) is 9.69. The molecule has 1 amide bonds. The normalized spacial score (nSPS) is 35.0. The molecule has 16 heavy (non-hydrogen) atoms. The maximum atomic E-state index is 12.1. The number of aliphatic hydroxyl groups excluding tert-OH is 1. The number of nitrogens with zero attached hydrogens (tertiary/aromatic N) is 1. The molecule has 0 radical (unpaired) electrons. The van der Waals surface area contributed by atoms with E-state index in [-0.39, 0.29) is 17.9 Å². The molecule has 0 aromatic rings. The lowest BCUT2D eigenvalue weighted by Gasteiger charge is -2.31. The van der Waals surface area contributed by atoms with Crippen molar-refractivity contribution < 1.29 is 14.6 Å². The molecule has 2 rings (SSSR count). The zero-order valence-corrected chi connectivity index (χ0v) is 9.69. The molecule has 2 aliphatic heterocycles. The van der Waals surface area contributed by atoms with Gasteiger partial charge in [0.15, 0.2) is 0 Å². The van der Waals surface area contributed by atoms with Gasteiger partial charge in [-0.05, 0) is 12.8 Å². The van der Waals surface area contributed by atoms with E-state index in [4.69, 9.17) is 4.74 Å². The fourth-order valence-electron chi connectivity index (χ4n) is 2.43. The van der Waals surface area contributed by atoms with Crippen molar-refractivity contribution in [1.82, 2.24) is 10.2 Å². The predicted octanol–water partition coefficient (Wildman–Crippen LogP) is -0.796. The Labute approximate surface area is 95.8 Å². The van der Waals surface area contributed by atoms with E-state index in [2.05, 4.69) is 5.32 Å². The van der Waals surface area contributed by atoms with Gasteiger partial charge in [-0.1, -0.05) is 0 Å². The Morgan fingerprint density at radius 2 is 2.31 bits per heavy atom. The number of hydrogen-bond donors (Lipinski definition) is 2. The molecule has 0 aromatic heterocycles. The highest BCUT2D eigenvalue weighted by Gasteiger charge is 2.34. The maximum absolute atomic E-state index is 12.1. The number of carbonyl (C=O) groups excluding carboxylic acids is 1. The molecule has 5 nitrogen and oxygen atoms in total. The van der Waals surface area contributed by atoms with Crippen molar-refractivity contribution in [2.45, 2.75) is 25.0 Å². The summed E-state index contributed by atoms with van der Waals surface area (Å²) >= 11 is 0. The predicted molar refractivity (Wildman–Crippen MR) is 59.0 cm³/mol. The first-order valence-electron chi connectivity index (χ1n) is 5.93. The molecular weight excluding hydrogens is 208 g/mol. The Bertz CT molecular complexity index is 254. The van der Waals surface area contributed by atoms with Gasteiger partial charge in [-0.3, -0.25) is 4.79 Å². The Hall–Kier alpha value is -0.650. The van der Waals surface area contributed by atoms with E-state index in [9.17, 15) is 9.90 Å². The van der Waals surface area contributed by atoms with Crippen molar-refractivity contribution in [3.63, 3.8) is 0 Å². The standard InChI is InChI=1S/C11H20N2O3/c1-13(9-5-12-6-10(9)14)11(15)8-3-2-4-16-7-8/h8-10,12,14H,2-7H2,1H3/t8?,9-,10-/m1/s1. The zero-order chi connectivity index (χ0) is 11.5. The second-order valence-electron chi connectivity index (χ2n) is 4.66. The van der Waals surface area contributed by atoms with Gasteiger partial charge >= 0.3 is 0 Å². The second kappa shape index (κ2) is 5.12. The van der Waals surface area contributed by atoms with E-state index in [1.807, 2.05) is 0 Å². The van der Waals surface area contributed by atoms with Crippen molar-refractivity contribution in [2.24, 2.45) is 5.92 Å². The van der Waals surface area contributed by atoms with Crippen LogP contribution in [-0.4, -0.2) is 61.4 Å². The van der Waals surface area contributed by atoms with Gasteiger partial charge in [0.2, 0.25) is 5.91 Å². The van der Waals surface area contributed by atoms with E-state index >= 15 is 0 Å². The Morgan fingerprint density at radius 3 is 2.88 bits per heavy atom. The van der Waals surface area contributed by atoms with Gasteiger partial charge in [-0.25, -0.2) is 0 Å². The minimum atomic E-state index is -0.446. The summed E-state index contributed by atoms with van der Waals surface area (Å²) in [7, 11) is 1.78. The Morgan fingerprint density at radius 1 is 1.50 bits per heavy atom. The summed E-state index contributed by atoms with van der Waals surface area (Å²) in [5.74, 6) is 0.0824. The minimum Gasteiger partial charge on any atom is -0.390 e. The summed E-state index contributed by atoms with van der Waals surface area (Å²) in [6.07, 6.45) is 1.41. The SMILES string of the molecule is CN(C(=O)C1CCCOC1)[C@@H]1CNC[C@H]1O. The summed E-state index contributed by atoms with van der Waals surface area (Å²) in [6, 6.07) is -0.0885. The fourth-order valence-corrected chi connectivity index (χ4v) is 2.43. The molecular formula is C11H20N2O3. The first kappa shape index (κ1) is 11.8. The highest BCUT2D eigenvalue weighted by molar-refractivity contribution is 5.79. The van der Waals surface area contributed by atoms with Crippen LogP contribution in [0.5, 0.6) is 0 Å². The molecule has 0 spiro atoms. The highest BCUT2D eigenvalue weighted by atomic mass is 16.5. The lowest BCUT2D eigenvalue weighted by molar-refractivity contribution is -0.141. The lowest BCUT2D eigenvalue weighted by Crippen LogP contribution is -2.48. The van der Waals surface area contributed by atoms with Crippen molar-refractivity contribution in [1.29, 1.82) is 0 Å². The number of likely N-dealkylation sites (N-methyl/N-ethyl adjacent to an activating group) is 1. The maximum Gasteiger partial charge on any atom is 0.228 e. The topological polar surface area (TPSA) is 61.8 Å². The number of β-amino-alcohol motifs (C(OH)–C–C–N with tert-alkyl or cyclic N) is 1. The highest BCUT2D eigenvalue weighted by Crippen LogP contribution is 2.18. The molecule has 2 heterocycles. The molecule has 0 saturated carbocycles. The number of carbonyl (C=O) groups is 1. The summed E-state index contributed by atoms with van der Waals surface area (Å²) in [5.41, 5.74) is 0. The van der Waals surface area contributed by atoms with Crippen LogP contribution in [0.1, 0.15) is 12.8 Å². The van der Waals surface area contributed by atoms with Crippen molar-refractivity contribution in [2.75, 3.05) is 33.4 Å². The van der Waals surface area contributed by atoms with Crippen LogP contribution in [0, 0.1) is 5.92 Å². The van der Waals surface area contributed by atoms with Crippen molar-refractivity contribution >= 4 is 5.91 Å². The van der Waals surface area contributed by atoms with Gasteiger partial charge in [0.25, 0.3) is 0 Å². The van der Waals surface area contributed by atoms with Gasteiger partial charge in [-0.2, -0.15) is 0 Å². The van der Waals surface area contributed by atoms with Crippen LogP contribution in [-0.2, 0) is 9.53 Å². The van der Waals surface area contributed by atoms with Gasteiger partial charge in [0.05, 0.1) is 24.7 Å². The van der Waals surface area contributed by atoms with Crippen LogP contribution in [0.15, 0.2) is 0 Å². The fraction of sp³-hybridized carbons (Fsp3) is 0.909. The van der Waals surface area contributed by atoms with Crippen LogP contribution in [0.2, 0.25) is 0 Å². The summed E-state index contributed by atoms with van der Waals surface area (Å²) in [6.45, 7) is 2.54. The lowest BCUT2D eigenvalue weighted by atomic mass is 9.99. The van der Waals surface area contributed by atoms with Gasteiger partial charge in [0, 0.05) is 26.7 Å². The number of rotatable bonds is 2. The van der Waals surface area contributed by atoms with E-state index in [1.54, 1.807) is 11.9 Å². The third kappa shape index (κ3) is 2.36. The molecule has 2 saturated heterocycles. The Balaban J connectivity index is 1.92. The van der Waals surface area contributed by atoms with Crippen LogP contribution < -0.4 is 5.32 Å². The average Bonchev–Trinajstić information content (AvgIpc) is 2.75. The molecule has 0 aromatic carbocycles. The van der Waals surface area contributed by atoms with Crippen LogP contribution in [0.4, 0.5) is 0 Å². The van der Waals surface area contributed by atoms with Gasteiger partial charge < -0.3 is 20.1 Å². The average molecular weight is 228 g/mol. The smallest absolute Gasteiger partial charge is 0.228 e. The molecule has 2 N–H and O–H groups in total. The molecule has 0 bridgehead atoms. The largest absolute Gasteiger partial charge is 0.390 e. The molecule has 2 fully saturated rings.